The van der Waals surface area contributed by atoms with Crippen LogP contribution in [0.4, 0.5) is 0 Å². The van der Waals surface area contributed by atoms with Crippen LogP contribution in [-0.2, 0) is 6.42 Å². The number of hydrogen-bond acceptors (Lipinski definition) is 4. The molecule has 1 rings (SSSR count). The Labute approximate surface area is 83.0 Å². The van der Waals surface area contributed by atoms with Gasteiger partial charge in [0.1, 0.15) is 5.69 Å². The van der Waals surface area contributed by atoms with E-state index in [0.717, 1.165) is 6.54 Å². The van der Waals surface area contributed by atoms with E-state index in [9.17, 15) is 4.79 Å². The van der Waals surface area contributed by atoms with Crippen LogP contribution >= 0.6 is 0 Å². The van der Waals surface area contributed by atoms with Gasteiger partial charge in [-0.25, -0.2) is 4.98 Å². The molecule has 0 aliphatic heterocycles. The van der Waals surface area contributed by atoms with Crippen LogP contribution < -0.4 is 5.73 Å². The molecule has 5 nitrogen and oxygen atoms in total. The lowest BCUT2D eigenvalue weighted by molar-refractivity contribution is 0.0994. The lowest BCUT2D eigenvalue weighted by Gasteiger charge is -2.09. The zero-order valence-corrected chi connectivity index (χ0v) is 8.40. The van der Waals surface area contributed by atoms with Gasteiger partial charge in [0.15, 0.2) is 0 Å². The van der Waals surface area contributed by atoms with E-state index in [-0.39, 0.29) is 5.69 Å². The maximum absolute atomic E-state index is 11.0. The first kappa shape index (κ1) is 10.6. The van der Waals surface area contributed by atoms with Crippen molar-refractivity contribution in [2.24, 2.45) is 5.73 Å². The highest BCUT2D eigenvalue weighted by atomic mass is 16.1. The molecule has 0 bridgehead atoms. The molecule has 2 N–H and O–H groups in total. The van der Waals surface area contributed by atoms with E-state index in [2.05, 4.69) is 9.97 Å². The largest absolute Gasteiger partial charge is 0.364 e. The summed E-state index contributed by atoms with van der Waals surface area (Å²) >= 11 is 0. The second-order valence-electron chi connectivity index (χ2n) is 3.27. The van der Waals surface area contributed by atoms with Gasteiger partial charge < -0.3 is 10.6 Å². The Hall–Kier alpha value is -1.49. The molecule has 1 heterocycles. The second-order valence-corrected chi connectivity index (χ2v) is 3.27. The summed E-state index contributed by atoms with van der Waals surface area (Å²) in [4.78, 5) is 21.0. The van der Waals surface area contributed by atoms with E-state index in [1.54, 1.807) is 6.20 Å². The lowest BCUT2D eigenvalue weighted by Crippen LogP contribution is -2.21. The fraction of sp³-hybridized carbons (Fsp3) is 0.444. The van der Waals surface area contributed by atoms with Crippen molar-refractivity contribution >= 4 is 5.91 Å². The number of carbonyl (C=O) groups excluding carboxylic acids is 1. The van der Waals surface area contributed by atoms with Crippen molar-refractivity contribution in [1.82, 2.24) is 14.9 Å². The van der Waals surface area contributed by atoms with Crippen LogP contribution in [0.15, 0.2) is 12.4 Å². The van der Waals surface area contributed by atoms with Gasteiger partial charge in [-0.2, -0.15) is 0 Å². The highest BCUT2D eigenvalue weighted by Crippen LogP contribution is 2.01. The molecule has 1 aromatic rings. The number of likely N-dealkylation sites (N-methyl/N-ethyl adjacent to an activating group) is 1. The number of hydrogen-bond donors (Lipinski definition) is 1. The molecule has 0 aromatic carbocycles. The van der Waals surface area contributed by atoms with Gasteiger partial charge in [0.25, 0.3) is 5.91 Å². The van der Waals surface area contributed by atoms with Crippen LogP contribution in [0, 0.1) is 0 Å². The molecule has 0 saturated carbocycles. The van der Waals surface area contributed by atoms with Crippen LogP contribution in [0.2, 0.25) is 0 Å². The molecular weight excluding hydrogens is 180 g/mol. The number of nitrogens with zero attached hydrogens (tertiary/aromatic N) is 3. The summed E-state index contributed by atoms with van der Waals surface area (Å²) < 4.78 is 0. The number of aromatic nitrogens is 2. The summed E-state index contributed by atoms with van der Waals surface area (Å²) in [5, 5.41) is 0. The number of nitrogens with two attached hydrogens (primary N) is 1. The normalized spacial score (nSPS) is 10.5. The smallest absolute Gasteiger partial charge is 0.269 e. The Morgan fingerprint density at radius 3 is 2.64 bits per heavy atom. The summed E-state index contributed by atoms with van der Waals surface area (Å²) in [6, 6.07) is 0. The first-order chi connectivity index (χ1) is 6.61. The van der Waals surface area contributed by atoms with Crippen molar-refractivity contribution in [3.8, 4) is 0 Å². The van der Waals surface area contributed by atoms with Crippen molar-refractivity contribution in [2.75, 3.05) is 20.6 Å². The molecular formula is C9H14N4O. The minimum atomic E-state index is -0.521. The van der Waals surface area contributed by atoms with Crippen LogP contribution in [-0.4, -0.2) is 41.4 Å². The van der Waals surface area contributed by atoms with E-state index in [0.29, 0.717) is 12.1 Å². The number of amides is 1. The Morgan fingerprint density at radius 2 is 2.07 bits per heavy atom. The van der Waals surface area contributed by atoms with Crippen LogP contribution in [0.25, 0.3) is 0 Å². The van der Waals surface area contributed by atoms with Gasteiger partial charge in [-0.3, -0.25) is 9.78 Å². The molecule has 0 aliphatic carbocycles. The van der Waals surface area contributed by atoms with Gasteiger partial charge in [-0.05, 0) is 14.1 Å². The molecule has 5 heteroatoms. The number of primary amides is 1. The first-order valence-electron chi connectivity index (χ1n) is 4.35. The van der Waals surface area contributed by atoms with Gasteiger partial charge >= 0.3 is 0 Å². The molecule has 14 heavy (non-hydrogen) atoms. The zero-order chi connectivity index (χ0) is 10.6. The zero-order valence-electron chi connectivity index (χ0n) is 8.40. The van der Waals surface area contributed by atoms with E-state index < -0.39 is 5.91 Å². The highest BCUT2D eigenvalue weighted by molar-refractivity contribution is 5.91. The quantitative estimate of drug-likeness (QED) is 0.713. The highest BCUT2D eigenvalue weighted by Gasteiger charge is 2.09. The summed E-state index contributed by atoms with van der Waals surface area (Å²) in [5.74, 6) is -0.521. The predicted octanol–water partition coefficient (Wildman–Crippen LogP) is -0.320. The van der Waals surface area contributed by atoms with E-state index >= 15 is 0 Å². The van der Waals surface area contributed by atoms with E-state index in [1.807, 2.05) is 19.0 Å². The second kappa shape index (κ2) is 4.66. The average molecular weight is 194 g/mol. The summed E-state index contributed by atoms with van der Waals surface area (Å²) in [5.41, 5.74) is 6.10. The van der Waals surface area contributed by atoms with Crippen molar-refractivity contribution in [2.45, 2.75) is 6.42 Å². The third kappa shape index (κ3) is 2.77. The fourth-order valence-electron chi connectivity index (χ4n) is 1.09. The summed E-state index contributed by atoms with van der Waals surface area (Å²) in [6.07, 6.45) is 3.72. The molecule has 0 saturated heterocycles. The third-order valence-corrected chi connectivity index (χ3v) is 1.80. The molecule has 0 unspecified atom stereocenters. The minimum Gasteiger partial charge on any atom is -0.364 e. The van der Waals surface area contributed by atoms with Crippen molar-refractivity contribution < 1.29 is 4.79 Å². The van der Waals surface area contributed by atoms with Gasteiger partial charge in [0.05, 0.1) is 5.69 Å². The SMILES string of the molecule is CN(C)CCc1nccnc1C(N)=O. The third-order valence-electron chi connectivity index (χ3n) is 1.80. The monoisotopic (exact) mass is 194 g/mol. The molecule has 0 fully saturated rings. The predicted molar refractivity (Wildman–Crippen MR) is 52.8 cm³/mol. The fourth-order valence-corrected chi connectivity index (χ4v) is 1.09. The lowest BCUT2D eigenvalue weighted by atomic mass is 10.2. The van der Waals surface area contributed by atoms with Gasteiger partial charge in [0.2, 0.25) is 0 Å². The molecule has 0 aliphatic rings. The summed E-state index contributed by atoms with van der Waals surface area (Å²) in [7, 11) is 3.92. The van der Waals surface area contributed by atoms with Gasteiger partial charge in [-0.1, -0.05) is 0 Å². The maximum atomic E-state index is 11.0. The van der Waals surface area contributed by atoms with E-state index in [4.69, 9.17) is 5.73 Å². The molecule has 1 aromatic heterocycles. The molecule has 76 valence electrons. The minimum absolute atomic E-state index is 0.273. The van der Waals surface area contributed by atoms with Crippen LogP contribution in [0.3, 0.4) is 0 Å². The molecule has 0 atom stereocenters. The number of rotatable bonds is 4. The Morgan fingerprint density at radius 1 is 1.43 bits per heavy atom. The van der Waals surface area contributed by atoms with E-state index in [1.165, 1.54) is 6.20 Å². The molecule has 0 spiro atoms. The molecule has 0 radical (unpaired) electrons. The van der Waals surface area contributed by atoms with Crippen LogP contribution in [0.1, 0.15) is 16.2 Å². The Balaban J connectivity index is 2.79. The van der Waals surface area contributed by atoms with Crippen LogP contribution in [0.5, 0.6) is 0 Å². The maximum Gasteiger partial charge on any atom is 0.269 e. The average Bonchev–Trinajstić information content (AvgIpc) is 2.15. The Kier molecular flexibility index (Phi) is 3.53. The Bertz CT molecular complexity index is 324. The molecule has 1 amide bonds. The topological polar surface area (TPSA) is 72.1 Å². The van der Waals surface area contributed by atoms with Crippen molar-refractivity contribution in [3.63, 3.8) is 0 Å². The standard InChI is InChI=1S/C9H14N4O/c1-13(2)6-3-7-8(9(10)14)12-5-4-11-7/h4-5H,3,6H2,1-2H3,(H2,10,14). The van der Waals surface area contributed by atoms with Gasteiger partial charge in [0, 0.05) is 25.4 Å². The van der Waals surface area contributed by atoms with Gasteiger partial charge in [-0.15, -0.1) is 0 Å². The summed E-state index contributed by atoms with van der Waals surface area (Å²) in [6.45, 7) is 0.818. The van der Waals surface area contributed by atoms with Crippen molar-refractivity contribution in [1.29, 1.82) is 0 Å². The number of carbonyl (C=O) groups is 1. The van der Waals surface area contributed by atoms with Crippen molar-refractivity contribution in [3.05, 3.63) is 23.8 Å². The first-order valence-corrected chi connectivity index (χ1v) is 4.35.